The van der Waals surface area contributed by atoms with Crippen molar-refractivity contribution in [2.45, 2.75) is 17.7 Å². The number of aryl methyl sites for hydroxylation is 1. The van der Waals surface area contributed by atoms with Gasteiger partial charge in [0.1, 0.15) is 5.82 Å². The van der Waals surface area contributed by atoms with Crippen molar-refractivity contribution in [2.75, 3.05) is 17.2 Å². The summed E-state index contributed by atoms with van der Waals surface area (Å²) in [5, 5.41) is 0. The van der Waals surface area contributed by atoms with E-state index in [1.165, 1.54) is 23.4 Å². The number of benzene rings is 2. The van der Waals surface area contributed by atoms with Crippen molar-refractivity contribution in [2.24, 2.45) is 0 Å². The first-order chi connectivity index (χ1) is 9.15. The maximum atomic E-state index is 13.5. The molecule has 0 atom stereocenters. The Morgan fingerprint density at radius 3 is 2.32 bits per heavy atom. The summed E-state index contributed by atoms with van der Waals surface area (Å²) in [6.45, 7) is 0. The molecular weight excluding hydrogens is 259 g/mol. The van der Waals surface area contributed by atoms with E-state index in [1.54, 1.807) is 12.1 Å². The highest BCUT2D eigenvalue weighted by atomic mass is 32.2. The third-order valence-electron chi connectivity index (χ3n) is 2.80. The zero-order chi connectivity index (χ0) is 13.7. The van der Waals surface area contributed by atoms with Crippen LogP contribution in [0.15, 0.2) is 47.4 Å². The number of hydrogen-bond donors (Lipinski definition) is 2. The number of hydrogen-bond acceptors (Lipinski definition) is 3. The van der Waals surface area contributed by atoms with Gasteiger partial charge >= 0.3 is 0 Å². The summed E-state index contributed by atoms with van der Waals surface area (Å²) in [5.74, 6) is 0.642. The highest BCUT2D eigenvalue weighted by Gasteiger charge is 2.03. The molecule has 0 aliphatic carbocycles. The van der Waals surface area contributed by atoms with E-state index < -0.39 is 0 Å². The van der Waals surface area contributed by atoms with Gasteiger partial charge in [0.15, 0.2) is 0 Å². The molecule has 0 bridgehead atoms. The topological polar surface area (TPSA) is 52.0 Å². The van der Waals surface area contributed by atoms with Crippen LogP contribution in [0.4, 0.5) is 15.8 Å². The largest absolute Gasteiger partial charge is 0.399 e. The lowest BCUT2D eigenvalue weighted by Gasteiger charge is -2.05. The summed E-state index contributed by atoms with van der Waals surface area (Å²) >= 11 is 1.52. The molecule has 0 aliphatic heterocycles. The summed E-state index contributed by atoms with van der Waals surface area (Å²) in [6.07, 6.45) is 1.97. The maximum absolute atomic E-state index is 13.5. The van der Waals surface area contributed by atoms with Crippen molar-refractivity contribution < 1.29 is 4.39 Å². The molecular formula is C15H17FN2S. The van der Waals surface area contributed by atoms with E-state index in [1.807, 2.05) is 24.3 Å². The second-order valence-electron chi connectivity index (χ2n) is 4.38. The molecule has 4 heteroatoms. The molecule has 100 valence electrons. The lowest BCUT2D eigenvalue weighted by Crippen LogP contribution is -1.91. The van der Waals surface area contributed by atoms with Gasteiger partial charge in [-0.3, -0.25) is 0 Å². The molecule has 0 unspecified atom stereocenters. The average Bonchev–Trinajstić information content (AvgIpc) is 2.39. The molecule has 2 rings (SSSR count). The summed E-state index contributed by atoms with van der Waals surface area (Å²) in [5.41, 5.74) is 13.6. The van der Waals surface area contributed by atoms with Gasteiger partial charge in [-0.25, -0.2) is 4.39 Å². The smallest absolute Gasteiger partial charge is 0.138 e. The van der Waals surface area contributed by atoms with E-state index in [0.717, 1.165) is 24.3 Å². The van der Waals surface area contributed by atoms with Crippen molar-refractivity contribution in [3.05, 3.63) is 53.8 Å². The predicted molar refractivity (Wildman–Crippen MR) is 80.7 cm³/mol. The number of rotatable bonds is 5. The molecule has 0 saturated carbocycles. The van der Waals surface area contributed by atoms with Crippen LogP contribution in [0, 0.1) is 5.82 Å². The van der Waals surface area contributed by atoms with Crippen LogP contribution in [0.25, 0.3) is 0 Å². The summed E-state index contributed by atoms with van der Waals surface area (Å²) < 4.78 is 13.5. The van der Waals surface area contributed by atoms with Gasteiger partial charge < -0.3 is 11.5 Å². The first-order valence-corrected chi connectivity index (χ1v) is 7.16. The number of nitrogen functional groups attached to an aromatic ring is 2. The fourth-order valence-electron chi connectivity index (χ4n) is 1.78. The second kappa shape index (κ2) is 6.48. The third-order valence-corrected chi connectivity index (χ3v) is 3.94. The Balaban J connectivity index is 1.79. The van der Waals surface area contributed by atoms with E-state index in [0.29, 0.717) is 10.6 Å². The standard InChI is InChI=1S/C15H17FN2S/c16-14-10-13(18)7-8-15(14)19-9-1-2-11-3-5-12(17)6-4-11/h3-8,10H,1-2,9,17-18H2. The van der Waals surface area contributed by atoms with Gasteiger partial charge in [-0.05, 0) is 54.5 Å². The van der Waals surface area contributed by atoms with E-state index in [4.69, 9.17) is 11.5 Å². The van der Waals surface area contributed by atoms with Gasteiger partial charge in [0.2, 0.25) is 0 Å². The minimum atomic E-state index is -0.238. The lowest BCUT2D eigenvalue weighted by molar-refractivity contribution is 0.602. The van der Waals surface area contributed by atoms with Crippen LogP contribution in [0.2, 0.25) is 0 Å². The van der Waals surface area contributed by atoms with Crippen LogP contribution in [0.5, 0.6) is 0 Å². The van der Waals surface area contributed by atoms with Gasteiger partial charge in [0.05, 0.1) is 0 Å². The molecule has 0 saturated heterocycles. The van der Waals surface area contributed by atoms with Gasteiger partial charge in [-0.2, -0.15) is 0 Å². The zero-order valence-electron chi connectivity index (χ0n) is 10.6. The number of anilines is 2. The van der Waals surface area contributed by atoms with Crippen molar-refractivity contribution in [1.82, 2.24) is 0 Å². The van der Waals surface area contributed by atoms with Crippen LogP contribution >= 0.6 is 11.8 Å². The van der Waals surface area contributed by atoms with Crippen molar-refractivity contribution in [1.29, 1.82) is 0 Å². The van der Waals surface area contributed by atoms with Gasteiger partial charge in [0.25, 0.3) is 0 Å². The maximum Gasteiger partial charge on any atom is 0.138 e. The molecule has 0 aromatic heterocycles. The van der Waals surface area contributed by atoms with Crippen molar-refractivity contribution in [3.8, 4) is 0 Å². The molecule has 19 heavy (non-hydrogen) atoms. The number of thioether (sulfide) groups is 1. The molecule has 2 aromatic rings. The Morgan fingerprint density at radius 1 is 0.947 bits per heavy atom. The molecule has 0 spiro atoms. The molecule has 4 N–H and O–H groups in total. The van der Waals surface area contributed by atoms with Crippen molar-refractivity contribution >= 4 is 23.1 Å². The third kappa shape index (κ3) is 4.17. The van der Waals surface area contributed by atoms with E-state index in [9.17, 15) is 4.39 Å². The second-order valence-corrected chi connectivity index (χ2v) is 5.52. The van der Waals surface area contributed by atoms with Gasteiger partial charge in [-0.1, -0.05) is 12.1 Å². The van der Waals surface area contributed by atoms with Crippen LogP contribution in [-0.4, -0.2) is 5.75 Å². The molecule has 0 heterocycles. The predicted octanol–water partition coefficient (Wildman–Crippen LogP) is 3.72. The van der Waals surface area contributed by atoms with E-state index >= 15 is 0 Å². The van der Waals surface area contributed by atoms with Gasteiger partial charge in [0, 0.05) is 16.3 Å². The van der Waals surface area contributed by atoms with Crippen molar-refractivity contribution in [3.63, 3.8) is 0 Å². The quantitative estimate of drug-likeness (QED) is 0.497. The first kappa shape index (κ1) is 13.7. The van der Waals surface area contributed by atoms with Crippen LogP contribution in [-0.2, 0) is 6.42 Å². The minimum absolute atomic E-state index is 0.238. The summed E-state index contributed by atoms with van der Waals surface area (Å²) in [6, 6.07) is 12.7. The monoisotopic (exact) mass is 276 g/mol. The Bertz CT molecular complexity index is 540. The van der Waals surface area contributed by atoms with Gasteiger partial charge in [-0.15, -0.1) is 11.8 Å². The molecule has 2 nitrogen and oxygen atoms in total. The molecule has 0 radical (unpaired) electrons. The number of halogens is 1. The Morgan fingerprint density at radius 2 is 1.63 bits per heavy atom. The van der Waals surface area contributed by atoms with Crippen LogP contribution in [0.1, 0.15) is 12.0 Å². The summed E-state index contributed by atoms with van der Waals surface area (Å²) in [4.78, 5) is 0.659. The average molecular weight is 276 g/mol. The normalized spacial score (nSPS) is 10.6. The zero-order valence-corrected chi connectivity index (χ0v) is 11.4. The first-order valence-electron chi connectivity index (χ1n) is 6.17. The Kier molecular flexibility index (Phi) is 4.68. The Labute approximate surface area is 117 Å². The molecule has 0 fully saturated rings. The molecule has 0 amide bonds. The van der Waals surface area contributed by atoms with E-state index in [-0.39, 0.29) is 5.82 Å². The highest BCUT2D eigenvalue weighted by molar-refractivity contribution is 7.99. The Hall–Kier alpha value is -1.68. The van der Waals surface area contributed by atoms with Crippen LogP contribution < -0.4 is 11.5 Å². The SMILES string of the molecule is Nc1ccc(CCCSc2ccc(N)cc2F)cc1. The summed E-state index contributed by atoms with van der Waals surface area (Å²) in [7, 11) is 0. The molecule has 0 aliphatic rings. The minimum Gasteiger partial charge on any atom is -0.399 e. The fraction of sp³-hybridized carbons (Fsp3) is 0.200. The molecule has 2 aromatic carbocycles. The van der Waals surface area contributed by atoms with E-state index in [2.05, 4.69) is 0 Å². The van der Waals surface area contributed by atoms with Crippen LogP contribution in [0.3, 0.4) is 0 Å². The number of nitrogens with two attached hydrogens (primary N) is 2. The lowest BCUT2D eigenvalue weighted by atomic mass is 10.1. The highest BCUT2D eigenvalue weighted by Crippen LogP contribution is 2.24. The fourth-order valence-corrected chi connectivity index (χ4v) is 2.65.